The van der Waals surface area contributed by atoms with E-state index in [0.29, 0.717) is 6.54 Å². The average Bonchev–Trinajstić information content (AvgIpc) is 2.69. The average molecular weight is 210 g/mol. The van der Waals surface area contributed by atoms with Gasteiger partial charge in [-0.05, 0) is 5.92 Å². The SMILES string of the molecule is CC(C)[C@@H](N)C(=O)NCCn1ccnc1. The molecule has 0 saturated carbocycles. The van der Waals surface area contributed by atoms with Crippen LogP contribution in [0.5, 0.6) is 0 Å². The number of amides is 1. The van der Waals surface area contributed by atoms with E-state index >= 15 is 0 Å². The largest absolute Gasteiger partial charge is 0.353 e. The number of imidazole rings is 1. The third kappa shape index (κ3) is 3.71. The summed E-state index contributed by atoms with van der Waals surface area (Å²) in [6.45, 7) is 5.16. The van der Waals surface area contributed by atoms with Crippen molar-refractivity contribution in [2.75, 3.05) is 6.54 Å². The third-order valence-corrected chi connectivity index (χ3v) is 2.25. The van der Waals surface area contributed by atoms with Gasteiger partial charge in [0.25, 0.3) is 0 Å². The Labute approximate surface area is 89.7 Å². The van der Waals surface area contributed by atoms with Crippen molar-refractivity contribution in [3.8, 4) is 0 Å². The molecule has 0 unspecified atom stereocenters. The minimum Gasteiger partial charge on any atom is -0.353 e. The van der Waals surface area contributed by atoms with Gasteiger partial charge in [-0.2, -0.15) is 0 Å². The lowest BCUT2D eigenvalue weighted by atomic mass is 10.1. The van der Waals surface area contributed by atoms with Crippen LogP contribution in [0, 0.1) is 5.92 Å². The molecule has 0 aliphatic rings. The van der Waals surface area contributed by atoms with Crippen molar-refractivity contribution in [1.29, 1.82) is 0 Å². The summed E-state index contributed by atoms with van der Waals surface area (Å²) in [5, 5.41) is 2.79. The predicted octanol–water partition coefficient (Wildman–Crippen LogP) is -0.0174. The molecule has 1 heterocycles. The number of nitrogens with two attached hydrogens (primary N) is 1. The number of hydrogen-bond acceptors (Lipinski definition) is 3. The predicted molar refractivity (Wildman–Crippen MR) is 58.1 cm³/mol. The van der Waals surface area contributed by atoms with Crippen molar-refractivity contribution in [2.45, 2.75) is 26.4 Å². The van der Waals surface area contributed by atoms with Crippen molar-refractivity contribution >= 4 is 5.91 Å². The van der Waals surface area contributed by atoms with E-state index in [2.05, 4.69) is 10.3 Å². The van der Waals surface area contributed by atoms with Gasteiger partial charge in [0.1, 0.15) is 0 Å². The Morgan fingerprint density at radius 3 is 2.87 bits per heavy atom. The van der Waals surface area contributed by atoms with Crippen LogP contribution in [-0.4, -0.2) is 28.0 Å². The number of nitrogens with one attached hydrogen (secondary N) is 1. The molecule has 15 heavy (non-hydrogen) atoms. The maximum atomic E-state index is 11.5. The molecule has 84 valence electrons. The number of nitrogens with zero attached hydrogens (tertiary/aromatic N) is 2. The summed E-state index contributed by atoms with van der Waals surface area (Å²) < 4.78 is 1.90. The van der Waals surface area contributed by atoms with Gasteiger partial charge < -0.3 is 15.6 Å². The second kappa shape index (κ2) is 5.50. The number of hydrogen-bond donors (Lipinski definition) is 2. The molecule has 0 radical (unpaired) electrons. The first-order chi connectivity index (χ1) is 7.11. The Bertz CT molecular complexity index is 294. The Hall–Kier alpha value is -1.36. The van der Waals surface area contributed by atoms with Crippen LogP contribution in [0.3, 0.4) is 0 Å². The van der Waals surface area contributed by atoms with Crippen molar-refractivity contribution in [3.05, 3.63) is 18.7 Å². The summed E-state index contributed by atoms with van der Waals surface area (Å²) in [4.78, 5) is 15.4. The minimum atomic E-state index is -0.423. The van der Waals surface area contributed by atoms with E-state index < -0.39 is 6.04 Å². The molecule has 3 N–H and O–H groups in total. The van der Waals surface area contributed by atoms with Crippen LogP contribution >= 0.6 is 0 Å². The third-order valence-electron chi connectivity index (χ3n) is 2.25. The van der Waals surface area contributed by atoms with Crippen LogP contribution in [-0.2, 0) is 11.3 Å². The standard InChI is InChI=1S/C10H18N4O/c1-8(2)9(11)10(15)13-4-6-14-5-3-12-7-14/h3,5,7-9H,4,6,11H2,1-2H3,(H,13,15)/t9-/m1/s1. The Balaban J connectivity index is 2.23. The molecule has 0 aliphatic carbocycles. The van der Waals surface area contributed by atoms with Gasteiger partial charge in [-0.3, -0.25) is 4.79 Å². The Morgan fingerprint density at radius 2 is 2.33 bits per heavy atom. The number of rotatable bonds is 5. The van der Waals surface area contributed by atoms with Gasteiger partial charge >= 0.3 is 0 Å². The van der Waals surface area contributed by atoms with Gasteiger partial charge in [0.2, 0.25) is 5.91 Å². The fourth-order valence-electron chi connectivity index (χ4n) is 1.15. The van der Waals surface area contributed by atoms with E-state index in [0.717, 1.165) is 6.54 Å². The van der Waals surface area contributed by atoms with Crippen molar-refractivity contribution in [2.24, 2.45) is 11.7 Å². The lowest BCUT2D eigenvalue weighted by Gasteiger charge is -2.15. The summed E-state index contributed by atoms with van der Waals surface area (Å²) in [5.41, 5.74) is 5.69. The number of aromatic nitrogens is 2. The molecule has 0 aliphatic heterocycles. The highest BCUT2D eigenvalue weighted by Crippen LogP contribution is 1.97. The first-order valence-electron chi connectivity index (χ1n) is 5.10. The zero-order valence-corrected chi connectivity index (χ0v) is 9.18. The van der Waals surface area contributed by atoms with Gasteiger partial charge in [0.05, 0.1) is 12.4 Å². The molecule has 0 spiro atoms. The van der Waals surface area contributed by atoms with Crippen LogP contribution in [0.2, 0.25) is 0 Å². The highest BCUT2D eigenvalue weighted by molar-refractivity contribution is 5.81. The lowest BCUT2D eigenvalue weighted by molar-refractivity contribution is -0.123. The molecule has 1 amide bonds. The highest BCUT2D eigenvalue weighted by Gasteiger charge is 2.15. The summed E-state index contributed by atoms with van der Waals surface area (Å²) >= 11 is 0. The van der Waals surface area contributed by atoms with E-state index in [-0.39, 0.29) is 11.8 Å². The molecular weight excluding hydrogens is 192 g/mol. The molecule has 1 rings (SSSR count). The van der Waals surface area contributed by atoms with Crippen LogP contribution in [0.4, 0.5) is 0 Å². The topological polar surface area (TPSA) is 72.9 Å². The van der Waals surface area contributed by atoms with Crippen molar-refractivity contribution in [3.63, 3.8) is 0 Å². The van der Waals surface area contributed by atoms with Gasteiger partial charge in [-0.1, -0.05) is 13.8 Å². The van der Waals surface area contributed by atoms with Crippen LogP contribution < -0.4 is 11.1 Å². The first-order valence-corrected chi connectivity index (χ1v) is 5.10. The molecule has 0 fully saturated rings. The van der Waals surface area contributed by atoms with E-state index in [1.807, 2.05) is 24.6 Å². The van der Waals surface area contributed by atoms with E-state index in [9.17, 15) is 4.79 Å². The van der Waals surface area contributed by atoms with E-state index in [1.54, 1.807) is 12.5 Å². The van der Waals surface area contributed by atoms with E-state index in [1.165, 1.54) is 0 Å². The van der Waals surface area contributed by atoms with Crippen molar-refractivity contribution in [1.82, 2.24) is 14.9 Å². The zero-order chi connectivity index (χ0) is 11.3. The monoisotopic (exact) mass is 210 g/mol. The van der Waals surface area contributed by atoms with Gasteiger partial charge in [-0.25, -0.2) is 4.98 Å². The number of carbonyl (C=O) groups excluding carboxylic acids is 1. The normalized spacial score (nSPS) is 12.8. The summed E-state index contributed by atoms with van der Waals surface area (Å²) in [7, 11) is 0. The highest BCUT2D eigenvalue weighted by atomic mass is 16.2. The van der Waals surface area contributed by atoms with Crippen LogP contribution in [0.1, 0.15) is 13.8 Å². The molecule has 1 aromatic rings. The Kier molecular flexibility index (Phi) is 4.30. The van der Waals surface area contributed by atoms with Crippen LogP contribution in [0.15, 0.2) is 18.7 Å². The maximum Gasteiger partial charge on any atom is 0.237 e. The molecule has 5 nitrogen and oxygen atoms in total. The Morgan fingerprint density at radius 1 is 1.60 bits per heavy atom. The summed E-state index contributed by atoms with van der Waals surface area (Å²) in [6.07, 6.45) is 5.28. The molecule has 1 aromatic heterocycles. The minimum absolute atomic E-state index is 0.0925. The second-order valence-corrected chi connectivity index (χ2v) is 3.86. The molecule has 1 atom stereocenters. The quantitative estimate of drug-likeness (QED) is 0.717. The zero-order valence-electron chi connectivity index (χ0n) is 9.18. The molecule has 0 aromatic carbocycles. The maximum absolute atomic E-state index is 11.5. The summed E-state index contributed by atoms with van der Waals surface area (Å²) in [5.74, 6) is 0.0726. The smallest absolute Gasteiger partial charge is 0.237 e. The van der Waals surface area contributed by atoms with Gasteiger partial charge in [0, 0.05) is 25.5 Å². The molecule has 0 bridgehead atoms. The van der Waals surface area contributed by atoms with E-state index in [4.69, 9.17) is 5.73 Å². The molecule has 5 heteroatoms. The van der Waals surface area contributed by atoms with Crippen molar-refractivity contribution < 1.29 is 4.79 Å². The molecule has 0 saturated heterocycles. The summed E-state index contributed by atoms with van der Waals surface area (Å²) in [6, 6.07) is -0.423. The van der Waals surface area contributed by atoms with Crippen LogP contribution in [0.25, 0.3) is 0 Å². The fraction of sp³-hybridized carbons (Fsp3) is 0.600. The number of carbonyl (C=O) groups is 1. The lowest BCUT2D eigenvalue weighted by Crippen LogP contribution is -2.44. The van der Waals surface area contributed by atoms with Gasteiger partial charge in [0.15, 0.2) is 0 Å². The van der Waals surface area contributed by atoms with Gasteiger partial charge in [-0.15, -0.1) is 0 Å². The molecular formula is C10H18N4O. The fourth-order valence-corrected chi connectivity index (χ4v) is 1.15. The second-order valence-electron chi connectivity index (χ2n) is 3.86. The first kappa shape index (κ1) is 11.7.